The van der Waals surface area contributed by atoms with Crippen LogP contribution in [0.25, 0.3) is 0 Å². The minimum absolute atomic E-state index is 0.0462. The van der Waals surface area contributed by atoms with Crippen LogP contribution in [-0.2, 0) is 4.79 Å². The van der Waals surface area contributed by atoms with E-state index in [2.05, 4.69) is 20.9 Å². The Labute approximate surface area is 108 Å². The Morgan fingerprint density at radius 1 is 1.53 bits per heavy atom. The molecule has 0 bridgehead atoms. The molecular weight excluding hydrogens is 289 g/mol. The highest BCUT2D eigenvalue weighted by Crippen LogP contribution is 2.34. The van der Waals surface area contributed by atoms with Gasteiger partial charge in [0, 0.05) is 13.6 Å². The molecule has 17 heavy (non-hydrogen) atoms. The second-order valence-corrected chi connectivity index (χ2v) is 4.74. The van der Waals surface area contributed by atoms with Crippen LogP contribution in [-0.4, -0.2) is 37.2 Å². The number of hydrogen-bond acceptors (Lipinski definition) is 3. The molecule has 1 aliphatic rings. The average Bonchev–Trinajstić information content (AvgIpc) is 2.32. The molecule has 2 rings (SSSR count). The van der Waals surface area contributed by atoms with Gasteiger partial charge in [0.25, 0.3) is 0 Å². The summed E-state index contributed by atoms with van der Waals surface area (Å²) in [5, 5.41) is 0. The van der Waals surface area contributed by atoms with Crippen molar-refractivity contribution in [2.75, 3.05) is 30.1 Å². The Kier molecular flexibility index (Phi) is 3.33. The Morgan fingerprint density at radius 3 is 2.88 bits per heavy atom. The number of nitrogens with zero attached hydrogens (tertiary/aromatic N) is 3. The van der Waals surface area contributed by atoms with Crippen molar-refractivity contribution in [3.05, 3.63) is 16.7 Å². The van der Waals surface area contributed by atoms with E-state index in [4.69, 9.17) is 0 Å². The molecule has 92 valence electrons. The fourth-order valence-electron chi connectivity index (χ4n) is 2.00. The number of pyridine rings is 1. The first-order valence-corrected chi connectivity index (χ1v) is 6.12. The van der Waals surface area contributed by atoms with Crippen molar-refractivity contribution in [3.8, 4) is 0 Å². The summed E-state index contributed by atoms with van der Waals surface area (Å²) < 4.78 is 13.2. The van der Waals surface area contributed by atoms with Crippen LogP contribution >= 0.6 is 15.9 Å². The fraction of sp³-hybridized carbons (Fsp3) is 0.455. The third-order valence-corrected chi connectivity index (χ3v) is 3.38. The number of aromatic nitrogens is 1. The van der Waals surface area contributed by atoms with Gasteiger partial charge in [-0.25, -0.2) is 9.37 Å². The van der Waals surface area contributed by atoms with Gasteiger partial charge in [-0.3, -0.25) is 4.79 Å². The Morgan fingerprint density at radius 2 is 2.24 bits per heavy atom. The number of likely N-dealkylation sites (N-methyl/N-ethyl adjacent to an activating group) is 1. The summed E-state index contributed by atoms with van der Waals surface area (Å²) in [6.45, 7) is 1.44. The molecule has 1 aromatic heterocycles. The maximum absolute atomic E-state index is 12.6. The van der Waals surface area contributed by atoms with Gasteiger partial charge < -0.3 is 9.80 Å². The summed E-state index contributed by atoms with van der Waals surface area (Å²) in [5.74, 6) is 0.599. The first kappa shape index (κ1) is 12.3. The fourth-order valence-corrected chi connectivity index (χ4v) is 2.30. The van der Waals surface area contributed by atoms with Crippen LogP contribution in [0.2, 0.25) is 0 Å². The first-order chi connectivity index (χ1) is 8.06. The number of carbonyl (C=O) groups is 1. The van der Waals surface area contributed by atoms with E-state index in [1.807, 2.05) is 0 Å². The van der Waals surface area contributed by atoms with E-state index in [0.29, 0.717) is 16.1 Å². The zero-order valence-corrected chi connectivity index (χ0v) is 11.2. The summed E-state index contributed by atoms with van der Waals surface area (Å²) >= 11 is 3.29. The van der Waals surface area contributed by atoms with Gasteiger partial charge in [-0.15, -0.1) is 0 Å². The Bertz CT molecular complexity index is 454. The van der Waals surface area contributed by atoms with E-state index in [1.165, 1.54) is 0 Å². The second-order valence-electron chi connectivity index (χ2n) is 3.93. The van der Waals surface area contributed by atoms with Crippen molar-refractivity contribution in [1.29, 1.82) is 0 Å². The molecule has 0 N–H and O–H groups in total. The largest absolute Gasteiger partial charge is 0.340 e. The van der Waals surface area contributed by atoms with E-state index in [-0.39, 0.29) is 18.5 Å². The van der Waals surface area contributed by atoms with Crippen LogP contribution in [0.3, 0.4) is 0 Å². The third kappa shape index (κ3) is 2.01. The van der Waals surface area contributed by atoms with E-state index < -0.39 is 6.67 Å². The van der Waals surface area contributed by atoms with Crippen molar-refractivity contribution in [1.82, 2.24) is 4.98 Å². The van der Waals surface area contributed by atoms with Crippen LogP contribution in [0.1, 0.15) is 6.92 Å². The molecule has 0 aromatic carbocycles. The molecule has 1 aromatic rings. The highest BCUT2D eigenvalue weighted by Gasteiger charge is 2.34. The lowest BCUT2D eigenvalue weighted by Crippen LogP contribution is -2.51. The predicted molar refractivity (Wildman–Crippen MR) is 68.1 cm³/mol. The normalized spacial score (nSPS) is 19.5. The van der Waals surface area contributed by atoms with Crippen LogP contribution < -0.4 is 9.80 Å². The molecule has 4 nitrogen and oxygen atoms in total. The summed E-state index contributed by atoms with van der Waals surface area (Å²) in [6.07, 6.45) is 0. The van der Waals surface area contributed by atoms with Gasteiger partial charge in [0.1, 0.15) is 17.3 Å². The average molecular weight is 302 g/mol. The van der Waals surface area contributed by atoms with Gasteiger partial charge in [0.05, 0.1) is 5.69 Å². The van der Waals surface area contributed by atoms with Crippen molar-refractivity contribution in [3.63, 3.8) is 0 Å². The molecule has 2 heterocycles. The maximum atomic E-state index is 12.6. The molecule has 0 saturated carbocycles. The number of fused-ring (bicyclic) bond motifs is 1. The van der Waals surface area contributed by atoms with Crippen molar-refractivity contribution in [2.24, 2.45) is 0 Å². The van der Waals surface area contributed by atoms with Gasteiger partial charge in [-0.05, 0) is 35.0 Å². The lowest BCUT2D eigenvalue weighted by Gasteiger charge is -2.38. The van der Waals surface area contributed by atoms with Crippen LogP contribution in [0, 0.1) is 0 Å². The number of carbonyl (C=O) groups excluding carboxylic acids is 1. The summed E-state index contributed by atoms with van der Waals surface area (Å²) in [5.41, 5.74) is 0.713. The highest BCUT2D eigenvalue weighted by molar-refractivity contribution is 9.10. The number of anilines is 2. The monoisotopic (exact) mass is 301 g/mol. The van der Waals surface area contributed by atoms with E-state index in [9.17, 15) is 9.18 Å². The number of alkyl halides is 1. The molecule has 0 aliphatic carbocycles. The van der Waals surface area contributed by atoms with Crippen LogP contribution in [0.5, 0.6) is 0 Å². The summed E-state index contributed by atoms with van der Waals surface area (Å²) in [6, 6.07) is 3.19. The summed E-state index contributed by atoms with van der Waals surface area (Å²) in [7, 11) is 1.71. The van der Waals surface area contributed by atoms with Gasteiger partial charge in [-0.1, -0.05) is 0 Å². The first-order valence-electron chi connectivity index (χ1n) is 5.33. The molecule has 0 spiro atoms. The molecular formula is C11H13BrFN3O. The standard InChI is InChI=1S/C11H13BrFN3O/c1-7-11(17)15(2)8-3-4-9(12)14-10(8)16(7)6-5-13/h3-4,7H,5-6H2,1-2H3/t7-/m1/s1. The lowest BCUT2D eigenvalue weighted by atomic mass is 10.1. The minimum atomic E-state index is -0.505. The molecule has 0 saturated heterocycles. The van der Waals surface area contributed by atoms with Crippen molar-refractivity contribution < 1.29 is 9.18 Å². The molecule has 6 heteroatoms. The number of rotatable bonds is 2. The molecule has 1 amide bonds. The van der Waals surface area contributed by atoms with Gasteiger partial charge in [-0.2, -0.15) is 0 Å². The number of halogens is 2. The SMILES string of the molecule is C[C@@H]1C(=O)N(C)c2ccc(Br)nc2N1CCF. The van der Waals surface area contributed by atoms with Gasteiger partial charge in [0.2, 0.25) is 5.91 Å². The van der Waals surface area contributed by atoms with Crippen LogP contribution in [0.4, 0.5) is 15.9 Å². The van der Waals surface area contributed by atoms with Crippen molar-refractivity contribution >= 4 is 33.3 Å². The van der Waals surface area contributed by atoms with Crippen LogP contribution in [0.15, 0.2) is 16.7 Å². The maximum Gasteiger partial charge on any atom is 0.249 e. The lowest BCUT2D eigenvalue weighted by molar-refractivity contribution is -0.119. The number of amides is 1. The Hall–Kier alpha value is -1.17. The Balaban J connectivity index is 2.52. The van der Waals surface area contributed by atoms with E-state index in [1.54, 1.807) is 35.9 Å². The third-order valence-electron chi connectivity index (χ3n) is 2.93. The predicted octanol–water partition coefficient (Wildman–Crippen LogP) is 1.98. The number of hydrogen-bond donors (Lipinski definition) is 0. The quantitative estimate of drug-likeness (QED) is 0.784. The topological polar surface area (TPSA) is 36.4 Å². The van der Waals surface area contributed by atoms with E-state index >= 15 is 0 Å². The molecule has 1 atom stereocenters. The zero-order valence-electron chi connectivity index (χ0n) is 9.65. The second kappa shape index (κ2) is 4.60. The minimum Gasteiger partial charge on any atom is -0.340 e. The van der Waals surface area contributed by atoms with Gasteiger partial charge in [0.15, 0.2) is 5.82 Å². The molecule has 0 unspecified atom stereocenters. The van der Waals surface area contributed by atoms with E-state index in [0.717, 1.165) is 0 Å². The molecule has 1 aliphatic heterocycles. The molecule has 0 radical (unpaired) electrons. The smallest absolute Gasteiger partial charge is 0.249 e. The molecule has 0 fully saturated rings. The zero-order chi connectivity index (χ0) is 12.6. The highest BCUT2D eigenvalue weighted by atomic mass is 79.9. The summed E-state index contributed by atoms with van der Waals surface area (Å²) in [4.78, 5) is 19.6. The van der Waals surface area contributed by atoms with Crippen molar-refractivity contribution in [2.45, 2.75) is 13.0 Å². The van der Waals surface area contributed by atoms with Gasteiger partial charge >= 0.3 is 0 Å².